The molecule has 30 heavy (non-hydrogen) atoms. The number of H-pyrrole nitrogens is 1. The van der Waals surface area contributed by atoms with E-state index in [2.05, 4.69) is 25.5 Å². The van der Waals surface area contributed by atoms with E-state index in [1.54, 1.807) is 6.33 Å². The van der Waals surface area contributed by atoms with Gasteiger partial charge in [0.2, 0.25) is 5.91 Å². The van der Waals surface area contributed by atoms with E-state index in [1.807, 2.05) is 49.6 Å². The van der Waals surface area contributed by atoms with Gasteiger partial charge in [0.15, 0.2) is 5.16 Å². The normalized spacial score (nSPS) is 12.3. The number of carbonyl (C=O) groups excluding carboxylic acids is 1. The predicted molar refractivity (Wildman–Crippen MR) is 120 cm³/mol. The van der Waals surface area contributed by atoms with Crippen molar-refractivity contribution in [2.45, 2.75) is 38.1 Å². The number of aryl methyl sites for hydroxylation is 2. The van der Waals surface area contributed by atoms with E-state index in [9.17, 15) is 9.59 Å². The molecule has 0 unspecified atom stereocenters. The van der Waals surface area contributed by atoms with Gasteiger partial charge in [0.1, 0.15) is 17.0 Å². The van der Waals surface area contributed by atoms with Crippen LogP contribution in [0.5, 0.6) is 0 Å². The molecule has 4 aromatic rings. The summed E-state index contributed by atoms with van der Waals surface area (Å²) in [5.74, 6) is 0.462. The summed E-state index contributed by atoms with van der Waals surface area (Å²) in [6.45, 7) is 7.38. The predicted octanol–water partition coefficient (Wildman–Crippen LogP) is 3.99. The van der Waals surface area contributed by atoms with Crippen LogP contribution in [-0.2, 0) is 4.79 Å². The van der Waals surface area contributed by atoms with Gasteiger partial charge in [-0.05, 0) is 44.5 Å². The molecule has 1 amide bonds. The SMILES string of the molecule is CC(=O)Nc1cccc(-n2cnnc2S[C@@H](C)c2nc3sc(C)c(C)c3c(=O)[nH]2)c1. The van der Waals surface area contributed by atoms with Crippen molar-refractivity contribution in [3.05, 3.63) is 57.2 Å². The first-order valence-corrected chi connectivity index (χ1v) is 11.0. The topological polar surface area (TPSA) is 106 Å². The fourth-order valence-electron chi connectivity index (χ4n) is 3.10. The van der Waals surface area contributed by atoms with E-state index >= 15 is 0 Å². The summed E-state index contributed by atoms with van der Waals surface area (Å²) in [5, 5.41) is 12.2. The second-order valence-electron chi connectivity index (χ2n) is 6.89. The quantitative estimate of drug-likeness (QED) is 0.455. The zero-order chi connectivity index (χ0) is 21.4. The Morgan fingerprint density at radius 2 is 2.13 bits per heavy atom. The van der Waals surface area contributed by atoms with Gasteiger partial charge in [0.05, 0.1) is 16.3 Å². The summed E-state index contributed by atoms with van der Waals surface area (Å²) in [5.41, 5.74) is 2.38. The number of thioether (sulfide) groups is 1. The van der Waals surface area contributed by atoms with Crippen LogP contribution in [0.4, 0.5) is 5.69 Å². The number of benzene rings is 1. The van der Waals surface area contributed by atoms with E-state index in [1.165, 1.54) is 30.0 Å². The van der Waals surface area contributed by atoms with Crippen molar-refractivity contribution in [1.82, 2.24) is 24.7 Å². The van der Waals surface area contributed by atoms with Gasteiger partial charge in [-0.15, -0.1) is 21.5 Å². The number of hydrogen-bond acceptors (Lipinski definition) is 7. The molecule has 3 heterocycles. The molecule has 3 aromatic heterocycles. The number of anilines is 1. The van der Waals surface area contributed by atoms with Crippen LogP contribution in [0.25, 0.3) is 15.9 Å². The van der Waals surface area contributed by atoms with Crippen LogP contribution in [0.2, 0.25) is 0 Å². The summed E-state index contributed by atoms with van der Waals surface area (Å²) in [6, 6.07) is 7.43. The first-order chi connectivity index (χ1) is 14.3. The summed E-state index contributed by atoms with van der Waals surface area (Å²) in [4.78, 5) is 33.4. The molecule has 4 rings (SSSR count). The number of carbonyl (C=O) groups is 1. The number of nitrogens with zero attached hydrogens (tertiary/aromatic N) is 4. The number of hydrogen-bond donors (Lipinski definition) is 2. The molecule has 0 bridgehead atoms. The molecule has 8 nitrogen and oxygen atoms in total. The number of thiophene rings is 1. The maximum absolute atomic E-state index is 12.6. The zero-order valence-electron chi connectivity index (χ0n) is 16.9. The lowest BCUT2D eigenvalue weighted by molar-refractivity contribution is -0.114. The smallest absolute Gasteiger partial charge is 0.259 e. The third-order valence-corrected chi connectivity index (χ3v) is 6.85. The van der Waals surface area contributed by atoms with Crippen molar-refractivity contribution < 1.29 is 4.79 Å². The molecule has 0 aliphatic heterocycles. The Hall–Kier alpha value is -2.98. The van der Waals surface area contributed by atoms with Crippen LogP contribution in [-0.4, -0.2) is 30.6 Å². The third-order valence-electron chi connectivity index (χ3n) is 4.69. The summed E-state index contributed by atoms with van der Waals surface area (Å²) >= 11 is 2.98. The Balaban J connectivity index is 1.64. The Kier molecular flexibility index (Phi) is 5.44. The minimum atomic E-state index is -0.147. The lowest BCUT2D eigenvalue weighted by atomic mass is 10.2. The Bertz CT molecular complexity index is 1310. The van der Waals surface area contributed by atoms with Crippen LogP contribution >= 0.6 is 23.1 Å². The highest BCUT2D eigenvalue weighted by molar-refractivity contribution is 7.99. The number of aromatic amines is 1. The minimum Gasteiger partial charge on any atom is -0.326 e. The Morgan fingerprint density at radius 3 is 2.90 bits per heavy atom. The van der Waals surface area contributed by atoms with Crippen molar-refractivity contribution in [3.8, 4) is 5.69 Å². The molecule has 10 heteroatoms. The molecule has 0 radical (unpaired) electrons. The second kappa shape index (κ2) is 8.04. The number of nitrogens with one attached hydrogen (secondary N) is 2. The average molecular weight is 441 g/mol. The molecule has 0 aliphatic rings. The van der Waals surface area contributed by atoms with Gasteiger partial charge < -0.3 is 10.3 Å². The third kappa shape index (κ3) is 3.88. The molecule has 2 N–H and O–H groups in total. The molecule has 0 saturated carbocycles. The average Bonchev–Trinajstić information content (AvgIpc) is 3.26. The lowest BCUT2D eigenvalue weighted by Gasteiger charge is -2.12. The lowest BCUT2D eigenvalue weighted by Crippen LogP contribution is -2.12. The van der Waals surface area contributed by atoms with Gasteiger partial charge in [-0.1, -0.05) is 17.8 Å². The summed E-state index contributed by atoms with van der Waals surface area (Å²) in [6.07, 6.45) is 1.62. The van der Waals surface area contributed by atoms with Crippen LogP contribution < -0.4 is 10.9 Å². The van der Waals surface area contributed by atoms with E-state index in [0.717, 1.165) is 21.0 Å². The molecule has 1 aromatic carbocycles. The number of fused-ring (bicyclic) bond motifs is 1. The van der Waals surface area contributed by atoms with E-state index in [4.69, 9.17) is 0 Å². The highest BCUT2D eigenvalue weighted by atomic mass is 32.2. The van der Waals surface area contributed by atoms with Crippen molar-refractivity contribution in [2.24, 2.45) is 0 Å². The first-order valence-electron chi connectivity index (χ1n) is 9.28. The number of rotatable bonds is 5. The standard InChI is InChI=1S/C20H20N6O2S2/c1-10-11(2)29-19-16(10)18(28)23-17(24-19)12(3)30-20-25-21-9-26(20)15-7-5-6-14(8-15)22-13(4)27/h5-9,12H,1-4H3,(H,22,27)(H,23,24,28)/t12-/m0/s1. The number of aromatic nitrogens is 5. The summed E-state index contributed by atoms with van der Waals surface area (Å²) < 4.78 is 1.84. The van der Waals surface area contributed by atoms with Gasteiger partial charge >= 0.3 is 0 Å². The fraction of sp³-hybridized carbons (Fsp3) is 0.250. The van der Waals surface area contributed by atoms with Crippen LogP contribution in [0, 0.1) is 13.8 Å². The van der Waals surface area contributed by atoms with Gasteiger partial charge in [0, 0.05) is 17.5 Å². The molecule has 0 aliphatic carbocycles. The molecule has 0 fully saturated rings. The number of amides is 1. The van der Waals surface area contributed by atoms with Crippen molar-refractivity contribution in [1.29, 1.82) is 0 Å². The largest absolute Gasteiger partial charge is 0.326 e. The molecule has 0 saturated heterocycles. The van der Waals surface area contributed by atoms with Gasteiger partial charge in [0.25, 0.3) is 5.56 Å². The molecular formula is C20H20N6O2S2. The van der Waals surface area contributed by atoms with E-state index in [0.29, 0.717) is 22.1 Å². The minimum absolute atomic E-state index is 0.117. The molecule has 1 atom stereocenters. The van der Waals surface area contributed by atoms with Gasteiger partial charge in [-0.25, -0.2) is 4.98 Å². The van der Waals surface area contributed by atoms with E-state index < -0.39 is 0 Å². The van der Waals surface area contributed by atoms with Gasteiger partial charge in [-0.3, -0.25) is 14.2 Å². The van der Waals surface area contributed by atoms with E-state index in [-0.39, 0.29) is 16.7 Å². The maximum atomic E-state index is 12.6. The van der Waals surface area contributed by atoms with Crippen molar-refractivity contribution in [2.75, 3.05) is 5.32 Å². The van der Waals surface area contributed by atoms with Crippen molar-refractivity contribution >= 4 is 44.9 Å². The first kappa shape index (κ1) is 20.3. The van der Waals surface area contributed by atoms with Crippen LogP contribution in [0.3, 0.4) is 0 Å². The Morgan fingerprint density at radius 1 is 1.33 bits per heavy atom. The molecule has 154 valence electrons. The highest BCUT2D eigenvalue weighted by Gasteiger charge is 2.19. The van der Waals surface area contributed by atoms with Gasteiger partial charge in [-0.2, -0.15) is 0 Å². The van der Waals surface area contributed by atoms with Crippen LogP contribution in [0.15, 0.2) is 40.5 Å². The second-order valence-corrected chi connectivity index (χ2v) is 9.40. The van der Waals surface area contributed by atoms with Crippen molar-refractivity contribution in [3.63, 3.8) is 0 Å². The monoisotopic (exact) mass is 440 g/mol. The Labute approximate surface area is 180 Å². The fourth-order valence-corrected chi connectivity index (χ4v) is 5.03. The maximum Gasteiger partial charge on any atom is 0.259 e. The molecular weight excluding hydrogens is 420 g/mol. The summed E-state index contributed by atoms with van der Waals surface area (Å²) in [7, 11) is 0. The zero-order valence-corrected chi connectivity index (χ0v) is 18.5. The molecule has 0 spiro atoms. The van der Waals surface area contributed by atoms with Crippen LogP contribution in [0.1, 0.15) is 35.4 Å². The highest BCUT2D eigenvalue weighted by Crippen LogP contribution is 2.34.